The van der Waals surface area contributed by atoms with Crippen LogP contribution in [0.2, 0.25) is 0 Å². The highest BCUT2D eigenvalue weighted by molar-refractivity contribution is 6.00. The highest BCUT2D eigenvalue weighted by Crippen LogP contribution is 2.38. The van der Waals surface area contributed by atoms with Crippen LogP contribution < -0.4 is 25.6 Å². The van der Waals surface area contributed by atoms with Gasteiger partial charge in [0, 0.05) is 43.3 Å². The molecule has 3 aromatic rings. The topological polar surface area (TPSA) is 101 Å². The van der Waals surface area contributed by atoms with Gasteiger partial charge in [0.25, 0.3) is 0 Å². The third kappa shape index (κ3) is 6.29. The number of alkyl halides is 3. The van der Waals surface area contributed by atoms with Gasteiger partial charge in [-0.1, -0.05) is 0 Å². The predicted octanol–water partition coefficient (Wildman–Crippen LogP) is 4.81. The number of rotatable bonds is 6. The number of anilines is 4. The Morgan fingerprint density at radius 2 is 1.69 bits per heavy atom. The minimum Gasteiger partial charge on any atom is -0.439 e. The number of morpholine rings is 1. The summed E-state index contributed by atoms with van der Waals surface area (Å²) in [5, 5.41) is 7.92. The van der Waals surface area contributed by atoms with Crippen molar-refractivity contribution in [1.82, 2.24) is 9.97 Å². The molecule has 0 unspecified atom stereocenters. The number of benzene rings is 2. The van der Waals surface area contributed by atoms with E-state index in [0.717, 1.165) is 6.07 Å². The van der Waals surface area contributed by atoms with Crippen LogP contribution in [-0.2, 0) is 10.9 Å². The molecule has 0 aliphatic carbocycles. The lowest BCUT2D eigenvalue weighted by Gasteiger charge is -2.31. The molecule has 1 aliphatic rings. The highest BCUT2D eigenvalue weighted by Gasteiger charge is 2.35. The molecule has 0 atom stereocenters. The smallest absolute Gasteiger partial charge is 0.418 e. The predicted molar refractivity (Wildman–Crippen MR) is 125 cm³/mol. The minimum absolute atomic E-state index is 0.0240. The molecule has 2 amide bonds. The van der Waals surface area contributed by atoms with Crippen molar-refractivity contribution in [3.63, 3.8) is 0 Å². The van der Waals surface area contributed by atoms with Gasteiger partial charge in [0.2, 0.25) is 5.88 Å². The van der Waals surface area contributed by atoms with Crippen LogP contribution in [-0.4, -0.2) is 49.4 Å². The van der Waals surface area contributed by atoms with Crippen molar-refractivity contribution in [2.75, 3.05) is 54.2 Å². The SMILES string of the molecule is CNc1cc(Oc2ccc(NC(=O)Nc3ccc(N4CCOCC4)c(C(F)(F)F)c3)cc2)ncn1. The molecule has 0 spiro atoms. The van der Waals surface area contributed by atoms with Crippen LogP contribution in [0.4, 0.5) is 40.8 Å². The van der Waals surface area contributed by atoms with Crippen LogP contribution in [0.1, 0.15) is 5.56 Å². The number of carbonyl (C=O) groups excluding carboxylic acids is 1. The number of amides is 2. The van der Waals surface area contributed by atoms with Crippen LogP contribution in [0.15, 0.2) is 54.9 Å². The maximum absolute atomic E-state index is 13.7. The lowest BCUT2D eigenvalue weighted by atomic mass is 10.1. The fraction of sp³-hybridized carbons (Fsp3) is 0.261. The number of halogens is 3. The Morgan fingerprint density at radius 1 is 1.00 bits per heavy atom. The van der Waals surface area contributed by atoms with Gasteiger partial charge in [-0.2, -0.15) is 13.2 Å². The molecule has 35 heavy (non-hydrogen) atoms. The molecule has 1 aromatic heterocycles. The Kier molecular flexibility index (Phi) is 7.20. The van der Waals surface area contributed by atoms with E-state index in [2.05, 4.69) is 25.9 Å². The van der Waals surface area contributed by atoms with Gasteiger partial charge in [0.1, 0.15) is 17.9 Å². The van der Waals surface area contributed by atoms with Gasteiger partial charge < -0.3 is 30.3 Å². The van der Waals surface area contributed by atoms with Crippen molar-refractivity contribution in [1.29, 1.82) is 0 Å². The molecular weight excluding hydrogens is 465 g/mol. The number of ether oxygens (including phenoxy) is 2. The zero-order valence-corrected chi connectivity index (χ0v) is 18.7. The number of carbonyl (C=O) groups is 1. The Hall–Kier alpha value is -4.06. The van der Waals surface area contributed by atoms with Crippen molar-refractivity contribution in [2.24, 2.45) is 0 Å². The first-order chi connectivity index (χ1) is 16.8. The lowest BCUT2D eigenvalue weighted by Crippen LogP contribution is -2.37. The normalized spacial score (nSPS) is 13.8. The van der Waals surface area contributed by atoms with E-state index < -0.39 is 17.8 Å². The van der Waals surface area contributed by atoms with E-state index in [0.29, 0.717) is 49.4 Å². The summed E-state index contributed by atoms with van der Waals surface area (Å²) in [5.74, 6) is 1.41. The summed E-state index contributed by atoms with van der Waals surface area (Å²) in [4.78, 5) is 22.0. The molecule has 2 heterocycles. The third-order valence-electron chi connectivity index (χ3n) is 5.14. The molecule has 184 valence electrons. The molecule has 12 heteroatoms. The molecule has 2 aromatic carbocycles. The van der Waals surface area contributed by atoms with Gasteiger partial charge in [-0.25, -0.2) is 14.8 Å². The molecule has 0 radical (unpaired) electrons. The quantitative estimate of drug-likeness (QED) is 0.458. The van der Waals surface area contributed by atoms with E-state index in [-0.39, 0.29) is 11.4 Å². The van der Waals surface area contributed by atoms with Crippen molar-refractivity contribution >= 4 is 28.9 Å². The second-order valence-electron chi connectivity index (χ2n) is 7.53. The lowest BCUT2D eigenvalue weighted by molar-refractivity contribution is -0.137. The van der Waals surface area contributed by atoms with Crippen LogP contribution in [0.5, 0.6) is 11.6 Å². The molecule has 1 saturated heterocycles. The van der Waals surface area contributed by atoms with Gasteiger partial charge in [-0.3, -0.25) is 0 Å². The summed E-state index contributed by atoms with van der Waals surface area (Å²) in [6, 6.07) is 11.1. The minimum atomic E-state index is -4.57. The number of hydrogen-bond donors (Lipinski definition) is 3. The first-order valence-corrected chi connectivity index (χ1v) is 10.7. The number of hydrogen-bond acceptors (Lipinski definition) is 7. The Labute approximate surface area is 199 Å². The average Bonchev–Trinajstić information content (AvgIpc) is 2.85. The van der Waals surface area contributed by atoms with E-state index in [1.165, 1.54) is 18.5 Å². The molecule has 9 nitrogen and oxygen atoms in total. The van der Waals surface area contributed by atoms with Gasteiger partial charge in [0.05, 0.1) is 18.8 Å². The van der Waals surface area contributed by atoms with Crippen LogP contribution in [0.3, 0.4) is 0 Å². The van der Waals surface area contributed by atoms with Crippen molar-refractivity contribution in [2.45, 2.75) is 6.18 Å². The number of urea groups is 1. The molecule has 3 N–H and O–H groups in total. The van der Waals surface area contributed by atoms with Crippen molar-refractivity contribution in [3.05, 3.63) is 60.4 Å². The fourth-order valence-corrected chi connectivity index (χ4v) is 3.47. The highest BCUT2D eigenvalue weighted by atomic mass is 19.4. The van der Waals surface area contributed by atoms with E-state index in [1.807, 2.05) is 0 Å². The first kappa shape index (κ1) is 24.1. The van der Waals surface area contributed by atoms with E-state index in [4.69, 9.17) is 9.47 Å². The van der Waals surface area contributed by atoms with Crippen molar-refractivity contribution in [3.8, 4) is 11.6 Å². The Morgan fingerprint density at radius 3 is 2.37 bits per heavy atom. The Balaban J connectivity index is 1.40. The summed E-state index contributed by atoms with van der Waals surface area (Å²) < 4.78 is 52.0. The second kappa shape index (κ2) is 10.5. The molecule has 4 rings (SSSR count). The van der Waals surface area contributed by atoms with E-state index >= 15 is 0 Å². The zero-order chi connectivity index (χ0) is 24.8. The number of aromatic nitrogens is 2. The fourth-order valence-electron chi connectivity index (χ4n) is 3.47. The standard InChI is InChI=1S/C23H23F3N6O3/c1-27-20-13-21(29-14-28-20)35-17-5-2-15(3-6-17)30-22(33)31-16-4-7-19(18(12-16)23(24,25)26)32-8-10-34-11-9-32/h2-7,12-14H,8-11H2,1H3,(H,27,28,29)(H2,30,31,33). The molecule has 1 aliphatic heterocycles. The summed E-state index contributed by atoms with van der Waals surface area (Å²) in [6.45, 7) is 1.45. The summed E-state index contributed by atoms with van der Waals surface area (Å²) in [5.41, 5.74) is -0.303. The second-order valence-corrected chi connectivity index (χ2v) is 7.53. The largest absolute Gasteiger partial charge is 0.439 e. The maximum Gasteiger partial charge on any atom is 0.418 e. The molecular formula is C23H23F3N6O3. The van der Waals surface area contributed by atoms with Gasteiger partial charge in [-0.15, -0.1) is 0 Å². The number of nitrogens with one attached hydrogen (secondary N) is 3. The molecule has 0 bridgehead atoms. The van der Waals surface area contributed by atoms with Crippen LogP contribution >= 0.6 is 0 Å². The van der Waals surface area contributed by atoms with Gasteiger partial charge in [0.15, 0.2) is 0 Å². The molecule has 1 fully saturated rings. The Bertz CT molecular complexity index is 1170. The maximum atomic E-state index is 13.7. The van der Waals surface area contributed by atoms with E-state index in [9.17, 15) is 18.0 Å². The number of nitrogens with zero attached hydrogens (tertiary/aromatic N) is 3. The monoisotopic (exact) mass is 488 g/mol. The van der Waals surface area contributed by atoms with E-state index in [1.54, 1.807) is 42.3 Å². The molecule has 0 saturated carbocycles. The van der Waals surface area contributed by atoms with Gasteiger partial charge >= 0.3 is 12.2 Å². The van der Waals surface area contributed by atoms with Crippen LogP contribution in [0, 0.1) is 0 Å². The zero-order valence-electron chi connectivity index (χ0n) is 18.7. The summed E-state index contributed by atoms with van der Waals surface area (Å²) in [6.07, 6.45) is -3.21. The van der Waals surface area contributed by atoms with Gasteiger partial charge in [-0.05, 0) is 42.5 Å². The van der Waals surface area contributed by atoms with Crippen molar-refractivity contribution < 1.29 is 27.4 Å². The summed E-state index contributed by atoms with van der Waals surface area (Å²) in [7, 11) is 1.72. The average molecular weight is 488 g/mol. The van der Waals surface area contributed by atoms with Crippen LogP contribution in [0.25, 0.3) is 0 Å². The first-order valence-electron chi connectivity index (χ1n) is 10.7. The third-order valence-corrected chi connectivity index (χ3v) is 5.14. The summed E-state index contributed by atoms with van der Waals surface area (Å²) >= 11 is 0.